The van der Waals surface area contributed by atoms with Crippen LogP contribution in [-0.2, 0) is 0 Å². The molecule has 2 rings (SSSR count). The zero-order chi connectivity index (χ0) is 12.4. The average molecular weight is 296 g/mol. The van der Waals surface area contributed by atoms with Gasteiger partial charge in [0.05, 0.1) is 5.69 Å². The van der Waals surface area contributed by atoms with Gasteiger partial charge in [0.2, 0.25) is 0 Å². The number of hydrogen-bond acceptors (Lipinski definition) is 2. The van der Waals surface area contributed by atoms with Gasteiger partial charge in [-0.3, -0.25) is 0 Å². The third-order valence-electron chi connectivity index (χ3n) is 2.35. The van der Waals surface area contributed by atoms with E-state index in [0.29, 0.717) is 17.2 Å². The SMILES string of the molecule is Cc1ccc(Br)cc1Oc1cc(F)ccc1N. The molecule has 0 atom stereocenters. The van der Waals surface area contributed by atoms with E-state index < -0.39 is 0 Å². The molecular weight excluding hydrogens is 285 g/mol. The smallest absolute Gasteiger partial charge is 0.153 e. The van der Waals surface area contributed by atoms with E-state index in [0.717, 1.165) is 10.0 Å². The molecule has 0 spiro atoms. The van der Waals surface area contributed by atoms with Crippen LogP contribution in [0.3, 0.4) is 0 Å². The highest BCUT2D eigenvalue weighted by Crippen LogP contribution is 2.31. The minimum atomic E-state index is -0.373. The zero-order valence-corrected chi connectivity index (χ0v) is 10.8. The maximum Gasteiger partial charge on any atom is 0.153 e. The van der Waals surface area contributed by atoms with Crippen LogP contribution in [0.5, 0.6) is 11.5 Å². The summed E-state index contributed by atoms with van der Waals surface area (Å²) in [4.78, 5) is 0. The minimum Gasteiger partial charge on any atom is -0.455 e. The Morgan fingerprint density at radius 1 is 1.12 bits per heavy atom. The number of nitrogen functional groups attached to an aromatic ring is 1. The number of benzene rings is 2. The summed E-state index contributed by atoms with van der Waals surface area (Å²) in [5.41, 5.74) is 7.09. The van der Waals surface area contributed by atoms with Gasteiger partial charge in [0, 0.05) is 10.5 Å². The second-order valence-corrected chi connectivity index (χ2v) is 4.61. The van der Waals surface area contributed by atoms with E-state index in [9.17, 15) is 4.39 Å². The second kappa shape index (κ2) is 4.75. The van der Waals surface area contributed by atoms with Crippen molar-refractivity contribution in [1.82, 2.24) is 0 Å². The lowest BCUT2D eigenvalue weighted by atomic mass is 10.2. The molecule has 0 bridgehead atoms. The Labute approximate surface area is 107 Å². The van der Waals surface area contributed by atoms with Gasteiger partial charge in [-0.15, -0.1) is 0 Å². The molecule has 0 unspecified atom stereocenters. The zero-order valence-electron chi connectivity index (χ0n) is 9.21. The first-order valence-corrected chi connectivity index (χ1v) is 5.84. The molecule has 17 heavy (non-hydrogen) atoms. The van der Waals surface area contributed by atoms with Gasteiger partial charge in [-0.25, -0.2) is 4.39 Å². The molecule has 0 radical (unpaired) electrons. The Morgan fingerprint density at radius 2 is 1.88 bits per heavy atom. The predicted octanol–water partition coefficient (Wildman–Crippen LogP) is 4.27. The molecule has 0 aliphatic heterocycles. The summed E-state index contributed by atoms with van der Waals surface area (Å²) in [6.07, 6.45) is 0. The third-order valence-corrected chi connectivity index (χ3v) is 2.84. The molecule has 0 saturated heterocycles. The van der Waals surface area contributed by atoms with Crippen molar-refractivity contribution in [2.75, 3.05) is 5.73 Å². The number of halogens is 2. The summed E-state index contributed by atoms with van der Waals surface area (Å²) >= 11 is 3.36. The largest absolute Gasteiger partial charge is 0.455 e. The lowest BCUT2D eigenvalue weighted by Gasteiger charge is -2.11. The molecule has 88 valence electrons. The van der Waals surface area contributed by atoms with E-state index in [-0.39, 0.29) is 5.82 Å². The molecule has 2 N–H and O–H groups in total. The van der Waals surface area contributed by atoms with E-state index in [1.54, 1.807) is 0 Å². The first kappa shape index (κ1) is 11.9. The monoisotopic (exact) mass is 295 g/mol. The number of nitrogens with two attached hydrogens (primary N) is 1. The highest BCUT2D eigenvalue weighted by molar-refractivity contribution is 9.10. The Hall–Kier alpha value is -1.55. The molecule has 2 aromatic rings. The van der Waals surface area contributed by atoms with E-state index in [1.165, 1.54) is 18.2 Å². The van der Waals surface area contributed by atoms with Crippen molar-refractivity contribution < 1.29 is 9.13 Å². The first-order valence-electron chi connectivity index (χ1n) is 5.05. The number of anilines is 1. The van der Waals surface area contributed by atoms with Gasteiger partial charge in [0.25, 0.3) is 0 Å². The van der Waals surface area contributed by atoms with E-state index in [2.05, 4.69) is 15.9 Å². The molecule has 0 aliphatic rings. The molecule has 0 heterocycles. The molecular formula is C13H11BrFNO. The highest BCUT2D eigenvalue weighted by Gasteiger charge is 2.06. The van der Waals surface area contributed by atoms with Crippen molar-refractivity contribution in [3.63, 3.8) is 0 Å². The molecule has 4 heteroatoms. The maximum absolute atomic E-state index is 13.1. The van der Waals surface area contributed by atoms with Crippen molar-refractivity contribution in [3.05, 3.63) is 52.3 Å². The predicted molar refractivity (Wildman–Crippen MR) is 69.8 cm³/mol. The fourth-order valence-electron chi connectivity index (χ4n) is 1.40. The first-order chi connectivity index (χ1) is 8.06. The van der Waals surface area contributed by atoms with Crippen LogP contribution in [0.25, 0.3) is 0 Å². The molecule has 0 aromatic heterocycles. The Bertz CT molecular complexity index is 508. The van der Waals surface area contributed by atoms with Gasteiger partial charge in [-0.05, 0) is 36.8 Å². The minimum absolute atomic E-state index is 0.325. The average Bonchev–Trinajstić information content (AvgIpc) is 2.28. The van der Waals surface area contributed by atoms with Crippen LogP contribution in [0, 0.1) is 12.7 Å². The topological polar surface area (TPSA) is 35.2 Å². The number of ether oxygens (including phenoxy) is 1. The summed E-state index contributed by atoms with van der Waals surface area (Å²) in [6, 6.07) is 9.70. The number of aryl methyl sites for hydroxylation is 1. The summed E-state index contributed by atoms with van der Waals surface area (Å²) in [5.74, 6) is 0.602. The summed E-state index contributed by atoms with van der Waals surface area (Å²) < 4.78 is 19.6. The van der Waals surface area contributed by atoms with Crippen molar-refractivity contribution in [1.29, 1.82) is 0 Å². The summed E-state index contributed by atoms with van der Waals surface area (Å²) in [7, 11) is 0. The van der Waals surface area contributed by atoms with Gasteiger partial charge in [-0.2, -0.15) is 0 Å². The fourth-order valence-corrected chi connectivity index (χ4v) is 1.74. The molecule has 2 nitrogen and oxygen atoms in total. The van der Waals surface area contributed by atoms with Crippen LogP contribution < -0.4 is 10.5 Å². The lowest BCUT2D eigenvalue weighted by Crippen LogP contribution is -1.94. The van der Waals surface area contributed by atoms with Gasteiger partial charge in [0.15, 0.2) is 5.75 Å². The Balaban J connectivity index is 2.37. The van der Waals surface area contributed by atoms with Crippen LogP contribution in [0.2, 0.25) is 0 Å². The molecule has 0 saturated carbocycles. The summed E-state index contributed by atoms with van der Waals surface area (Å²) in [6.45, 7) is 1.91. The molecule has 0 amide bonds. The van der Waals surface area contributed by atoms with Crippen LogP contribution in [0.4, 0.5) is 10.1 Å². The van der Waals surface area contributed by atoms with Crippen molar-refractivity contribution in [3.8, 4) is 11.5 Å². The lowest BCUT2D eigenvalue weighted by molar-refractivity contribution is 0.475. The highest BCUT2D eigenvalue weighted by atomic mass is 79.9. The molecule has 2 aromatic carbocycles. The van der Waals surface area contributed by atoms with E-state index in [4.69, 9.17) is 10.5 Å². The Kier molecular flexibility index (Phi) is 3.33. The van der Waals surface area contributed by atoms with Crippen LogP contribution in [-0.4, -0.2) is 0 Å². The second-order valence-electron chi connectivity index (χ2n) is 3.69. The standard InChI is InChI=1S/C13H11BrFNO/c1-8-2-3-9(14)6-12(8)17-13-7-10(15)4-5-11(13)16/h2-7H,16H2,1H3. The van der Waals surface area contributed by atoms with Gasteiger partial charge >= 0.3 is 0 Å². The van der Waals surface area contributed by atoms with Gasteiger partial charge < -0.3 is 10.5 Å². The number of hydrogen-bond donors (Lipinski definition) is 1. The van der Waals surface area contributed by atoms with Crippen LogP contribution in [0.15, 0.2) is 40.9 Å². The number of rotatable bonds is 2. The Morgan fingerprint density at radius 3 is 2.65 bits per heavy atom. The van der Waals surface area contributed by atoms with Crippen molar-refractivity contribution in [2.24, 2.45) is 0 Å². The quantitative estimate of drug-likeness (QED) is 0.840. The van der Waals surface area contributed by atoms with Crippen LogP contribution >= 0.6 is 15.9 Å². The van der Waals surface area contributed by atoms with Gasteiger partial charge in [0.1, 0.15) is 11.6 Å². The van der Waals surface area contributed by atoms with Crippen LogP contribution in [0.1, 0.15) is 5.56 Å². The van der Waals surface area contributed by atoms with E-state index in [1.807, 2.05) is 25.1 Å². The normalized spacial score (nSPS) is 10.3. The maximum atomic E-state index is 13.1. The fraction of sp³-hybridized carbons (Fsp3) is 0.0769. The third kappa shape index (κ3) is 2.77. The molecule has 0 fully saturated rings. The molecule has 0 aliphatic carbocycles. The summed E-state index contributed by atoms with van der Waals surface area (Å²) in [5, 5.41) is 0. The van der Waals surface area contributed by atoms with Crippen molar-refractivity contribution in [2.45, 2.75) is 6.92 Å². The van der Waals surface area contributed by atoms with Crippen molar-refractivity contribution >= 4 is 21.6 Å². The van der Waals surface area contributed by atoms with Gasteiger partial charge in [-0.1, -0.05) is 22.0 Å². The van der Waals surface area contributed by atoms with E-state index >= 15 is 0 Å².